The van der Waals surface area contributed by atoms with Crippen LogP contribution in [0.2, 0.25) is 0 Å². The molecule has 0 aromatic carbocycles. The molecule has 0 bridgehead atoms. The predicted molar refractivity (Wildman–Crippen MR) is 52.9 cm³/mol. The van der Waals surface area contributed by atoms with Gasteiger partial charge in [0.25, 0.3) is 0 Å². The van der Waals surface area contributed by atoms with Crippen LogP contribution in [0.25, 0.3) is 0 Å². The van der Waals surface area contributed by atoms with Crippen LogP contribution in [-0.4, -0.2) is 27.8 Å². The average molecular weight is 212 g/mol. The van der Waals surface area contributed by atoms with Gasteiger partial charge < -0.3 is 15.9 Å². The lowest BCUT2D eigenvalue weighted by Gasteiger charge is -2.26. The van der Waals surface area contributed by atoms with Crippen LogP contribution in [0.15, 0.2) is 0 Å². The highest BCUT2D eigenvalue weighted by Gasteiger charge is 2.37. The Morgan fingerprint density at radius 3 is 2.15 bits per heavy atom. The molecule has 0 amide bonds. The molecule has 0 aromatic rings. The van der Waals surface area contributed by atoms with Gasteiger partial charge in [0.1, 0.15) is 0 Å². The van der Waals surface area contributed by atoms with Gasteiger partial charge in [-0.15, -0.1) is 12.4 Å². The number of aliphatic hydroxyl groups is 1. The van der Waals surface area contributed by atoms with Crippen LogP contribution < -0.4 is 5.73 Å². The van der Waals surface area contributed by atoms with Crippen molar-refractivity contribution in [2.24, 2.45) is 11.7 Å². The molecule has 0 saturated carbocycles. The molecule has 4 nitrogen and oxygen atoms in total. The van der Waals surface area contributed by atoms with Gasteiger partial charge in [0.2, 0.25) is 0 Å². The maximum atomic E-state index is 10.5. The molecule has 0 heterocycles. The van der Waals surface area contributed by atoms with Gasteiger partial charge in [-0.05, 0) is 19.3 Å². The summed E-state index contributed by atoms with van der Waals surface area (Å²) in [7, 11) is 0. The van der Waals surface area contributed by atoms with E-state index in [1.807, 2.05) is 13.8 Å². The summed E-state index contributed by atoms with van der Waals surface area (Å²) in [5, 5.41) is 18.0. The molecule has 0 aromatic heterocycles. The number of carboxylic acid groups (broad SMARTS) is 1. The Kier molecular flexibility index (Phi) is 6.32. The molecular weight excluding hydrogens is 194 g/mol. The molecule has 0 aliphatic carbocycles. The summed E-state index contributed by atoms with van der Waals surface area (Å²) < 4.78 is 0. The van der Waals surface area contributed by atoms with E-state index in [-0.39, 0.29) is 18.3 Å². The first kappa shape index (κ1) is 15.2. The van der Waals surface area contributed by atoms with E-state index in [0.29, 0.717) is 6.42 Å². The Morgan fingerprint density at radius 2 is 1.92 bits per heavy atom. The highest BCUT2D eigenvalue weighted by Crippen LogP contribution is 2.15. The van der Waals surface area contributed by atoms with Crippen molar-refractivity contribution in [1.82, 2.24) is 0 Å². The quantitative estimate of drug-likeness (QED) is 0.637. The van der Waals surface area contributed by atoms with Crippen LogP contribution >= 0.6 is 12.4 Å². The maximum Gasteiger partial charge on any atom is 0.337 e. The van der Waals surface area contributed by atoms with Crippen LogP contribution in [0, 0.1) is 5.92 Å². The summed E-state index contributed by atoms with van der Waals surface area (Å²) in [6, 6.07) is -0.713. The number of aliphatic carboxylic acids is 1. The molecule has 4 N–H and O–H groups in total. The second kappa shape index (κ2) is 5.42. The fourth-order valence-electron chi connectivity index (χ4n) is 0.896. The van der Waals surface area contributed by atoms with E-state index >= 15 is 0 Å². The van der Waals surface area contributed by atoms with Crippen molar-refractivity contribution >= 4 is 18.4 Å². The Bertz CT molecular complexity index is 171. The SMILES string of the molecule is CC(C)C[C@H](N)C(C)(O)C(=O)O.Cl. The van der Waals surface area contributed by atoms with Crippen molar-refractivity contribution in [3.63, 3.8) is 0 Å². The molecule has 0 spiro atoms. The minimum Gasteiger partial charge on any atom is -0.479 e. The number of hydrogen-bond acceptors (Lipinski definition) is 3. The van der Waals surface area contributed by atoms with Crippen molar-refractivity contribution < 1.29 is 15.0 Å². The lowest BCUT2D eigenvalue weighted by Crippen LogP contribution is -2.52. The molecule has 0 radical (unpaired) electrons. The third-order valence-electron chi connectivity index (χ3n) is 1.88. The van der Waals surface area contributed by atoms with Crippen molar-refractivity contribution in [3.05, 3.63) is 0 Å². The number of carbonyl (C=O) groups is 1. The second-order valence-corrected chi connectivity index (χ2v) is 3.69. The standard InChI is InChI=1S/C8H17NO3.ClH/c1-5(2)4-6(9)8(3,12)7(10)11;/h5-6,12H,4,9H2,1-3H3,(H,10,11);1H/t6-,8?;/m0./s1. The molecule has 2 atom stereocenters. The van der Waals surface area contributed by atoms with E-state index in [1.165, 1.54) is 6.92 Å². The average Bonchev–Trinajstić information content (AvgIpc) is 1.85. The van der Waals surface area contributed by atoms with Gasteiger partial charge in [-0.3, -0.25) is 0 Å². The Hall–Kier alpha value is -0.320. The van der Waals surface area contributed by atoms with Gasteiger partial charge in [-0.2, -0.15) is 0 Å². The fraction of sp³-hybridized carbons (Fsp3) is 0.875. The van der Waals surface area contributed by atoms with Crippen LogP contribution in [0.4, 0.5) is 0 Å². The van der Waals surface area contributed by atoms with Crippen molar-refractivity contribution in [2.75, 3.05) is 0 Å². The van der Waals surface area contributed by atoms with E-state index in [9.17, 15) is 9.90 Å². The summed E-state index contributed by atoms with van der Waals surface area (Å²) >= 11 is 0. The van der Waals surface area contributed by atoms with E-state index in [1.54, 1.807) is 0 Å². The van der Waals surface area contributed by atoms with Crippen molar-refractivity contribution in [1.29, 1.82) is 0 Å². The number of carboxylic acids is 1. The van der Waals surface area contributed by atoms with Gasteiger partial charge in [-0.1, -0.05) is 13.8 Å². The first-order valence-corrected chi connectivity index (χ1v) is 3.99. The van der Waals surface area contributed by atoms with Gasteiger partial charge >= 0.3 is 5.97 Å². The molecule has 0 aliphatic heterocycles. The molecule has 80 valence electrons. The van der Waals surface area contributed by atoms with Gasteiger partial charge in [0.05, 0.1) is 0 Å². The largest absolute Gasteiger partial charge is 0.479 e. The predicted octanol–water partition coefficient (Wildman–Crippen LogP) is 0.617. The van der Waals surface area contributed by atoms with Crippen LogP contribution in [0.5, 0.6) is 0 Å². The third kappa shape index (κ3) is 4.45. The zero-order valence-electron chi connectivity index (χ0n) is 8.15. The number of nitrogens with two attached hydrogens (primary N) is 1. The molecule has 1 unspecified atom stereocenters. The Morgan fingerprint density at radius 1 is 1.54 bits per heavy atom. The number of halogens is 1. The highest BCUT2D eigenvalue weighted by atomic mass is 35.5. The minimum absolute atomic E-state index is 0. The lowest BCUT2D eigenvalue weighted by molar-refractivity contribution is -0.159. The molecule has 13 heavy (non-hydrogen) atoms. The molecule has 5 heteroatoms. The normalized spacial score (nSPS) is 17.4. The molecule has 0 fully saturated rings. The lowest BCUT2D eigenvalue weighted by atomic mass is 9.90. The maximum absolute atomic E-state index is 10.5. The van der Waals surface area contributed by atoms with Gasteiger partial charge in [0.15, 0.2) is 5.60 Å². The summed E-state index contributed by atoms with van der Waals surface area (Å²) in [5.41, 5.74) is 3.71. The minimum atomic E-state index is -1.82. The number of rotatable bonds is 4. The molecule has 0 aliphatic rings. The fourth-order valence-corrected chi connectivity index (χ4v) is 0.896. The molecule has 0 rings (SSSR count). The Balaban J connectivity index is 0. The first-order valence-electron chi connectivity index (χ1n) is 3.99. The zero-order chi connectivity index (χ0) is 9.94. The van der Waals surface area contributed by atoms with Gasteiger partial charge in [-0.25, -0.2) is 4.79 Å². The summed E-state index contributed by atoms with van der Waals surface area (Å²) in [6.07, 6.45) is 0.499. The van der Waals surface area contributed by atoms with E-state index in [0.717, 1.165) is 0 Å². The van der Waals surface area contributed by atoms with Gasteiger partial charge in [0, 0.05) is 6.04 Å². The summed E-state index contributed by atoms with van der Waals surface area (Å²) in [5.74, 6) is -0.985. The molecular formula is C8H18ClNO3. The molecule has 0 saturated heterocycles. The zero-order valence-corrected chi connectivity index (χ0v) is 8.97. The highest BCUT2D eigenvalue weighted by molar-refractivity contribution is 5.85. The van der Waals surface area contributed by atoms with E-state index in [2.05, 4.69) is 0 Å². The van der Waals surface area contributed by atoms with Crippen molar-refractivity contribution in [2.45, 2.75) is 38.8 Å². The number of hydrogen-bond donors (Lipinski definition) is 3. The first-order chi connectivity index (χ1) is 5.28. The Labute approximate surface area is 84.5 Å². The van der Waals surface area contributed by atoms with Crippen LogP contribution in [0.1, 0.15) is 27.2 Å². The van der Waals surface area contributed by atoms with E-state index < -0.39 is 17.6 Å². The second-order valence-electron chi connectivity index (χ2n) is 3.69. The summed E-state index contributed by atoms with van der Waals surface area (Å²) in [6.45, 7) is 5.08. The van der Waals surface area contributed by atoms with E-state index in [4.69, 9.17) is 10.8 Å². The summed E-state index contributed by atoms with van der Waals surface area (Å²) in [4.78, 5) is 10.5. The van der Waals surface area contributed by atoms with Crippen LogP contribution in [0.3, 0.4) is 0 Å². The topological polar surface area (TPSA) is 83.5 Å². The monoisotopic (exact) mass is 211 g/mol. The van der Waals surface area contributed by atoms with Crippen LogP contribution in [-0.2, 0) is 4.79 Å². The third-order valence-corrected chi connectivity index (χ3v) is 1.88. The smallest absolute Gasteiger partial charge is 0.337 e. The van der Waals surface area contributed by atoms with Crippen molar-refractivity contribution in [3.8, 4) is 0 Å².